The molecule has 154 valence electrons. The number of likely N-dealkylation sites (tertiary alicyclic amines) is 1. The first-order chi connectivity index (χ1) is 14.3. The zero-order valence-electron chi connectivity index (χ0n) is 17.0. The first-order valence-corrected chi connectivity index (χ1v) is 12.5. The zero-order chi connectivity index (χ0) is 19.7. The van der Waals surface area contributed by atoms with Crippen LogP contribution >= 0.6 is 7.26 Å². The van der Waals surface area contributed by atoms with Crippen LogP contribution in [0.1, 0.15) is 25.7 Å². The third-order valence-electron chi connectivity index (χ3n) is 6.39. The van der Waals surface area contributed by atoms with E-state index in [0.717, 1.165) is 19.4 Å². The summed E-state index contributed by atoms with van der Waals surface area (Å²) in [6, 6.07) is 33.0. The molecule has 1 amide bonds. The van der Waals surface area contributed by atoms with Crippen LogP contribution in [-0.4, -0.2) is 29.1 Å². The van der Waals surface area contributed by atoms with E-state index < -0.39 is 7.26 Å². The fourth-order valence-electron chi connectivity index (χ4n) is 4.96. The van der Waals surface area contributed by atoms with Crippen molar-refractivity contribution >= 4 is 29.1 Å². The van der Waals surface area contributed by atoms with Crippen LogP contribution in [-0.2, 0) is 4.79 Å². The third-order valence-corrected chi connectivity index (χ3v) is 11.1. The van der Waals surface area contributed by atoms with Crippen molar-refractivity contribution in [2.75, 3.05) is 6.54 Å². The molecule has 0 N–H and O–H groups in total. The van der Waals surface area contributed by atoms with Crippen molar-refractivity contribution in [3.05, 3.63) is 91.0 Å². The van der Waals surface area contributed by atoms with E-state index in [1.807, 2.05) is 0 Å². The van der Waals surface area contributed by atoms with E-state index >= 15 is 0 Å². The molecule has 1 saturated carbocycles. The highest BCUT2D eigenvalue weighted by atomic mass is 79.9. The van der Waals surface area contributed by atoms with Gasteiger partial charge in [-0.05, 0) is 62.1 Å². The largest absolute Gasteiger partial charge is 1.00 e. The van der Waals surface area contributed by atoms with E-state index in [1.165, 1.54) is 28.8 Å². The number of halogens is 1. The van der Waals surface area contributed by atoms with E-state index in [4.69, 9.17) is 0 Å². The molecule has 0 aromatic heterocycles. The average molecular weight is 480 g/mol. The highest BCUT2D eigenvalue weighted by Crippen LogP contribution is 2.62. The van der Waals surface area contributed by atoms with Gasteiger partial charge in [0.2, 0.25) is 0 Å². The molecule has 3 aromatic rings. The van der Waals surface area contributed by atoms with Gasteiger partial charge in [-0.15, -0.1) is 0 Å². The quantitative estimate of drug-likeness (QED) is 0.502. The monoisotopic (exact) mass is 479 g/mol. The lowest BCUT2D eigenvalue weighted by molar-refractivity contribution is -0.133. The predicted molar refractivity (Wildman–Crippen MR) is 123 cm³/mol. The van der Waals surface area contributed by atoms with Gasteiger partial charge in [-0.3, -0.25) is 4.79 Å². The summed E-state index contributed by atoms with van der Waals surface area (Å²) in [7, 11) is -2.13. The minimum Gasteiger partial charge on any atom is -1.00 e. The van der Waals surface area contributed by atoms with Gasteiger partial charge in [0.15, 0.2) is 5.66 Å². The minimum atomic E-state index is -2.13. The molecular weight excluding hydrogens is 453 g/mol. The molecule has 1 atom stereocenters. The van der Waals surface area contributed by atoms with Crippen LogP contribution in [0.25, 0.3) is 0 Å². The molecule has 2 fully saturated rings. The summed E-state index contributed by atoms with van der Waals surface area (Å²) >= 11 is 0. The van der Waals surface area contributed by atoms with Crippen molar-refractivity contribution < 1.29 is 21.8 Å². The van der Waals surface area contributed by atoms with Gasteiger partial charge in [-0.25, -0.2) is 0 Å². The third kappa shape index (κ3) is 3.63. The van der Waals surface area contributed by atoms with E-state index in [2.05, 4.69) is 95.9 Å². The van der Waals surface area contributed by atoms with Gasteiger partial charge >= 0.3 is 0 Å². The Labute approximate surface area is 190 Å². The van der Waals surface area contributed by atoms with Crippen molar-refractivity contribution in [1.82, 2.24) is 4.90 Å². The summed E-state index contributed by atoms with van der Waals surface area (Å²) < 4.78 is 0. The zero-order valence-corrected chi connectivity index (χ0v) is 19.5. The Morgan fingerprint density at radius 3 is 1.50 bits per heavy atom. The summed E-state index contributed by atoms with van der Waals surface area (Å²) in [5.41, 5.74) is 0.0176. The highest BCUT2D eigenvalue weighted by molar-refractivity contribution is 7.96. The Bertz CT molecular complexity index is 879. The topological polar surface area (TPSA) is 20.3 Å². The molecule has 0 bridgehead atoms. The van der Waals surface area contributed by atoms with Crippen LogP contribution < -0.4 is 32.9 Å². The molecule has 1 aliphatic carbocycles. The number of carbonyl (C=O) groups excluding carboxylic acids is 1. The molecule has 0 unspecified atom stereocenters. The minimum absolute atomic E-state index is 0. The second-order valence-electron chi connectivity index (χ2n) is 8.15. The lowest BCUT2D eigenvalue weighted by Gasteiger charge is -2.39. The number of piperidine rings is 1. The summed E-state index contributed by atoms with van der Waals surface area (Å²) in [5.74, 6) is 0.378. The number of benzene rings is 3. The van der Waals surface area contributed by atoms with Gasteiger partial charge in [0.1, 0.15) is 23.2 Å². The molecule has 0 spiro atoms. The van der Waals surface area contributed by atoms with Crippen molar-refractivity contribution in [3.63, 3.8) is 0 Å². The first kappa shape index (κ1) is 21.3. The van der Waals surface area contributed by atoms with Crippen LogP contribution in [0, 0.1) is 0 Å². The second-order valence-corrected chi connectivity index (χ2v) is 11.8. The molecule has 0 radical (unpaired) electrons. The second kappa shape index (κ2) is 9.04. The maximum absolute atomic E-state index is 13.9. The summed E-state index contributed by atoms with van der Waals surface area (Å²) in [4.78, 5) is 16.1. The van der Waals surface area contributed by atoms with E-state index in [0.29, 0.717) is 11.9 Å². The van der Waals surface area contributed by atoms with Gasteiger partial charge in [-0.2, -0.15) is 0 Å². The summed E-state index contributed by atoms with van der Waals surface area (Å²) in [6.07, 6.45) is 4.41. The van der Waals surface area contributed by atoms with Gasteiger partial charge in [0.05, 0.1) is 0 Å². The van der Waals surface area contributed by atoms with Gasteiger partial charge in [-0.1, -0.05) is 54.6 Å². The highest BCUT2D eigenvalue weighted by Gasteiger charge is 2.58. The molecule has 4 heteroatoms. The molecule has 1 saturated heterocycles. The summed E-state index contributed by atoms with van der Waals surface area (Å²) in [6.45, 7) is 0.929. The van der Waals surface area contributed by atoms with Crippen LogP contribution in [0.3, 0.4) is 0 Å². The van der Waals surface area contributed by atoms with E-state index in [9.17, 15) is 4.79 Å². The Balaban J connectivity index is 0.00000218. The summed E-state index contributed by atoms with van der Waals surface area (Å²) in [5, 5.41) is 3.94. The van der Waals surface area contributed by atoms with Crippen molar-refractivity contribution in [3.8, 4) is 0 Å². The Kier molecular flexibility index (Phi) is 6.41. The molecular formula is C26H27BrNOP. The van der Waals surface area contributed by atoms with Gasteiger partial charge < -0.3 is 21.9 Å². The number of hydrogen-bond donors (Lipinski definition) is 0. The SMILES string of the molecule is O=C1[C@H]([P+](c2ccccc2)(c2ccccc2)c2ccccc2)CCCN1C1CC1.[Br-]. The Morgan fingerprint density at radius 2 is 1.10 bits per heavy atom. The van der Waals surface area contributed by atoms with Crippen LogP contribution in [0.2, 0.25) is 0 Å². The first-order valence-electron chi connectivity index (χ1n) is 10.7. The van der Waals surface area contributed by atoms with Crippen LogP contribution in [0.5, 0.6) is 0 Å². The molecule has 1 heterocycles. The van der Waals surface area contributed by atoms with Crippen LogP contribution in [0.15, 0.2) is 91.0 Å². The molecule has 2 aliphatic rings. The standard InChI is InChI=1S/C26H27NOP.BrH/c28-26-25(17-10-20-27(26)21-18-19-21)29(22-11-4-1-5-12-22,23-13-6-2-7-14-23)24-15-8-3-9-16-24;/h1-9,11-16,21,25H,10,17-20H2;1H/q+1;/p-1/t25-;/m1./s1. The molecule has 3 aromatic carbocycles. The average Bonchev–Trinajstić information content (AvgIpc) is 3.63. The number of amides is 1. The van der Waals surface area contributed by atoms with Crippen molar-refractivity contribution in [2.24, 2.45) is 0 Å². The number of hydrogen-bond acceptors (Lipinski definition) is 1. The molecule has 30 heavy (non-hydrogen) atoms. The van der Waals surface area contributed by atoms with E-state index in [-0.39, 0.29) is 22.6 Å². The van der Waals surface area contributed by atoms with Crippen molar-refractivity contribution in [2.45, 2.75) is 37.4 Å². The molecule has 1 aliphatic heterocycles. The predicted octanol–water partition coefficient (Wildman–Crippen LogP) is 1.14. The van der Waals surface area contributed by atoms with Crippen LogP contribution in [0.4, 0.5) is 0 Å². The lowest BCUT2D eigenvalue weighted by Crippen LogP contribution is -3.00. The molecule has 5 rings (SSSR count). The smallest absolute Gasteiger partial charge is 0.264 e. The normalized spacial score (nSPS) is 19.3. The number of carbonyl (C=O) groups is 1. The van der Waals surface area contributed by atoms with Crippen molar-refractivity contribution in [1.29, 1.82) is 0 Å². The number of rotatable bonds is 5. The molecule has 2 nitrogen and oxygen atoms in total. The van der Waals surface area contributed by atoms with Gasteiger partial charge in [0, 0.05) is 12.6 Å². The lowest BCUT2D eigenvalue weighted by atomic mass is 10.1. The fourth-order valence-corrected chi connectivity index (χ4v) is 9.92. The fraction of sp³-hybridized carbons (Fsp3) is 0.269. The van der Waals surface area contributed by atoms with Gasteiger partial charge in [0.25, 0.3) is 5.91 Å². The Morgan fingerprint density at radius 1 is 0.667 bits per heavy atom. The maximum Gasteiger partial charge on any atom is 0.264 e. The number of nitrogens with zero attached hydrogens (tertiary/aromatic N) is 1. The Hall–Kier alpha value is -1.96. The van der Waals surface area contributed by atoms with E-state index in [1.54, 1.807) is 0 Å². The maximum atomic E-state index is 13.9.